The van der Waals surface area contributed by atoms with E-state index in [4.69, 9.17) is 5.73 Å². The molecule has 14 heavy (non-hydrogen) atoms. The van der Waals surface area contributed by atoms with Crippen LogP contribution in [0.15, 0.2) is 16.6 Å². The molecule has 1 atom stereocenters. The van der Waals surface area contributed by atoms with Crippen molar-refractivity contribution in [3.8, 4) is 0 Å². The predicted octanol–water partition coefficient (Wildman–Crippen LogP) is 2.11. The highest BCUT2D eigenvalue weighted by Gasteiger charge is 2.14. The van der Waals surface area contributed by atoms with Crippen molar-refractivity contribution in [2.45, 2.75) is 12.5 Å². The molecule has 0 heterocycles. The second kappa shape index (κ2) is 4.82. The third kappa shape index (κ3) is 2.50. The van der Waals surface area contributed by atoms with E-state index in [1.165, 1.54) is 0 Å². The smallest absolute Gasteiger partial charge is 0.159 e. The van der Waals surface area contributed by atoms with Crippen molar-refractivity contribution >= 4 is 15.9 Å². The molecule has 0 fully saturated rings. The largest absolute Gasteiger partial charge is 0.388 e. The van der Waals surface area contributed by atoms with E-state index in [0.717, 1.165) is 12.1 Å². The lowest BCUT2D eigenvalue weighted by atomic mass is 10.1. The summed E-state index contributed by atoms with van der Waals surface area (Å²) in [6.07, 6.45) is -0.562. The summed E-state index contributed by atoms with van der Waals surface area (Å²) >= 11 is 3.04. The van der Waals surface area contributed by atoms with Gasteiger partial charge in [-0.1, -0.05) is 15.9 Å². The minimum atomic E-state index is -0.973. The molecule has 0 aliphatic rings. The van der Waals surface area contributed by atoms with Gasteiger partial charge in [-0.2, -0.15) is 0 Å². The molecule has 0 bridgehead atoms. The van der Waals surface area contributed by atoms with Crippen LogP contribution in [0.2, 0.25) is 0 Å². The average molecular weight is 266 g/mol. The normalized spacial score (nSPS) is 12.9. The Balaban J connectivity index is 3.02. The topological polar surface area (TPSA) is 46.2 Å². The van der Waals surface area contributed by atoms with Gasteiger partial charge in [0.1, 0.15) is 0 Å². The molecule has 5 heteroatoms. The Kier molecular flexibility index (Phi) is 3.97. The van der Waals surface area contributed by atoms with E-state index in [0.29, 0.717) is 16.5 Å². The number of aliphatic hydroxyl groups excluding tert-OH is 1. The van der Waals surface area contributed by atoms with Crippen molar-refractivity contribution < 1.29 is 13.9 Å². The Morgan fingerprint density at radius 3 is 2.50 bits per heavy atom. The first kappa shape index (κ1) is 11.6. The third-order valence-electron chi connectivity index (χ3n) is 1.84. The summed E-state index contributed by atoms with van der Waals surface area (Å²) in [5.74, 6) is -1.92. The van der Waals surface area contributed by atoms with E-state index in [-0.39, 0.29) is 6.54 Å². The van der Waals surface area contributed by atoms with E-state index in [2.05, 4.69) is 15.9 Å². The van der Waals surface area contributed by atoms with Gasteiger partial charge in [0, 0.05) is 4.47 Å². The molecule has 1 aromatic rings. The zero-order valence-corrected chi connectivity index (χ0v) is 8.89. The third-order valence-corrected chi connectivity index (χ3v) is 2.53. The summed E-state index contributed by atoms with van der Waals surface area (Å²) in [4.78, 5) is 0. The fourth-order valence-corrected chi connectivity index (χ4v) is 1.69. The second-order valence-corrected chi connectivity index (χ2v) is 3.74. The van der Waals surface area contributed by atoms with Gasteiger partial charge in [-0.05, 0) is 30.7 Å². The molecule has 0 aliphatic heterocycles. The zero-order valence-electron chi connectivity index (χ0n) is 7.30. The van der Waals surface area contributed by atoms with Gasteiger partial charge in [0.15, 0.2) is 11.6 Å². The summed E-state index contributed by atoms with van der Waals surface area (Å²) in [6, 6.07) is 1.96. The van der Waals surface area contributed by atoms with Crippen LogP contribution in [-0.2, 0) is 0 Å². The van der Waals surface area contributed by atoms with E-state index in [1.807, 2.05) is 0 Å². The first-order chi connectivity index (χ1) is 6.56. The molecule has 2 nitrogen and oxygen atoms in total. The molecule has 0 saturated heterocycles. The average Bonchev–Trinajstić information content (AvgIpc) is 2.11. The fourth-order valence-electron chi connectivity index (χ4n) is 1.11. The highest BCUT2D eigenvalue weighted by atomic mass is 79.9. The van der Waals surface area contributed by atoms with Gasteiger partial charge < -0.3 is 10.8 Å². The van der Waals surface area contributed by atoms with Crippen molar-refractivity contribution in [3.05, 3.63) is 33.8 Å². The van der Waals surface area contributed by atoms with Crippen molar-refractivity contribution in [1.29, 1.82) is 0 Å². The van der Waals surface area contributed by atoms with E-state index in [1.54, 1.807) is 0 Å². The SMILES string of the molecule is NCCC(O)c1cc(F)c(F)cc1Br. The van der Waals surface area contributed by atoms with Crippen LogP contribution in [-0.4, -0.2) is 11.7 Å². The van der Waals surface area contributed by atoms with E-state index < -0.39 is 17.7 Å². The first-order valence-electron chi connectivity index (χ1n) is 4.09. The maximum absolute atomic E-state index is 12.8. The molecule has 0 aliphatic carbocycles. The van der Waals surface area contributed by atoms with Crippen molar-refractivity contribution in [2.75, 3.05) is 6.54 Å². The van der Waals surface area contributed by atoms with Gasteiger partial charge in [0.05, 0.1) is 6.10 Å². The molecule has 0 saturated carbocycles. The predicted molar refractivity (Wildman–Crippen MR) is 52.7 cm³/mol. The number of aliphatic hydroxyl groups is 1. The molecule has 0 amide bonds. The number of hydrogen-bond donors (Lipinski definition) is 2. The molecular formula is C9H10BrF2NO. The Hall–Kier alpha value is -0.520. The van der Waals surface area contributed by atoms with Gasteiger partial charge >= 0.3 is 0 Å². The lowest BCUT2D eigenvalue weighted by molar-refractivity contribution is 0.169. The molecule has 1 aromatic carbocycles. The maximum Gasteiger partial charge on any atom is 0.159 e. The van der Waals surface area contributed by atoms with Crippen LogP contribution in [0, 0.1) is 11.6 Å². The Bertz CT molecular complexity index is 333. The quantitative estimate of drug-likeness (QED) is 0.823. The summed E-state index contributed by atoms with van der Waals surface area (Å²) in [7, 11) is 0. The number of hydrogen-bond acceptors (Lipinski definition) is 2. The minimum absolute atomic E-state index is 0.284. The van der Waals surface area contributed by atoms with Crippen molar-refractivity contribution in [3.63, 3.8) is 0 Å². The van der Waals surface area contributed by atoms with Crippen LogP contribution in [0.3, 0.4) is 0 Å². The van der Waals surface area contributed by atoms with Crippen LogP contribution in [0.1, 0.15) is 18.1 Å². The maximum atomic E-state index is 12.8. The Labute approximate surface area is 88.9 Å². The highest BCUT2D eigenvalue weighted by molar-refractivity contribution is 9.10. The molecule has 3 N–H and O–H groups in total. The van der Waals surface area contributed by atoms with Crippen molar-refractivity contribution in [1.82, 2.24) is 0 Å². The standard InChI is InChI=1S/C9H10BrF2NO/c10-6-4-8(12)7(11)3-5(6)9(14)1-2-13/h3-4,9,14H,1-2,13H2. The number of nitrogens with two attached hydrogens (primary N) is 1. The minimum Gasteiger partial charge on any atom is -0.388 e. The fraction of sp³-hybridized carbons (Fsp3) is 0.333. The Morgan fingerprint density at radius 1 is 1.36 bits per heavy atom. The molecule has 1 rings (SSSR count). The molecule has 78 valence electrons. The van der Waals surface area contributed by atoms with Crippen LogP contribution in [0.25, 0.3) is 0 Å². The molecule has 0 spiro atoms. The lowest BCUT2D eigenvalue weighted by Gasteiger charge is -2.11. The summed E-state index contributed by atoms with van der Waals surface area (Å²) in [6.45, 7) is 0.284. The van der Waals surface area contributed by atoms with Crippen LogP contribution >= 0.6 is 15.9 Å². The van der Waals surface area contributed by atoms with Gasteiger partial charge in [0.25, 0.3) is 0 Å². The number of halogens is 3. The Morgan fingerprint density at radius 2 is 1.93 bits per heavy atom. The van der Waals surface area contributed by atoms with E-state index >= 15 is 0 Å². The molecule has 1 unspecified atom stereocenters. The molecule has 0 aromatic heterocycles. The highest BCUT2D eigenvalue weighted by Crippen LogP contribution is 2.27. The van der Waals surface area contributed by atoms with Crippen molar-refractivity contribution in [2.24, 2.45) is 5.73 Å². The van der Waals surface area contributed by atoms with Crippen LogP contribution < -0.4 is 5.73 Å². The van der Waals surface area contributed by atoms with Crippen LogP contribution in [0.5, 0.6) is 0 Å². The lowest BCUT2D eigenvalue weighted by Crippen LogP contribution is -2.08. The second-order valence-electron chi connectivity index (χ2n) is 2.88. The summed E-state index contributed by atoms with van der Waals surface area (Å²) in [5, 5.41) is 9.52. The zero-order chi connectivity index (χ0) is 10.7. The molecule has 0 radical (unpaired) electrons. The first-order valence-corrected chi connectivity index (χ1v) is 4.88. The number of rotatable bonds is 3. The number of benzene rings is 1. The monoisotopic (exact) mass is 265 g/mol. The summed E-state index contributed by atoms with van der Waals surface area (Å²) in [5.41, 5.74) is 5.56. The summed E-state index contributed by atoms with van der Waals surface area (Å²) < 4.78 is 25.9. The van der Waals surface area contributed by atoms with Gasteiger partial charge in [-0.15, -0.1) is 0 Å². The van der Waals surface area contributed by atoms with Crippen LogP contribution in [0.4, 0.5) is 8.78 Å². The van der Waals surface area contributed by atoms with E-state index in [9.17, 15) is 13.9 Å². The molecular weight excluding hydrogens is 256 g/mol. The van der Waals surface area contributed by atoms with Gasteiger partial charge in [-0.25, -0.2) is 8.78 Å². The van der Waals surface area contributed by atoms with Gasteiger partial charge in [-0.3, -0.25) is 0 Å². The van der Waals surface area contributed by atoms with Gasteiger partial charge in [0.2, 0.25) is 0 Å².